The number of rotatable bonds is 4. The molecule has 3 nitrogen and oxygen atoms in total. The fraction of sp³-hybridized carbons (Fsp3) is 0.545. The average molecular weight is 193 g/mol. The first-order valence-corrected chi connectivity index (χ1v) is 5.06. The molecule has 14 heavy (non-hydrogen) atoms. The molecular weight excluding hydrogens is 174 g/mol. The Hall–Kier alpha value is -1.25. The SMILES string of the molecule is CCC(C)CN(C)c1cccnc1N. The standard InChI is InChI=1S/C11H19N3/c1-4-9(2)8-14(3)10-6-5-7-13-11(10)12/h5-7,9H,4,8H2,1-3H3,(H2,12,13). The number of nitrogens with two attached hydrogens (primary N) is 1. The predicted octanol–water partition coefficient (Wildman–Crippen LogP) is 2.15. The molecule has 1 aromatic heterocycles. The van der Waals surface area contributed by atoms with E-state index in [1.807, 2.05) is 12.1 Å². The minimum Gasteiger partial charge on any atom is -0.382 e. The summed E-state index contributed by atoms with van der Waals surface area (Å²) in [6.45, 7) is 5.46. The van der Waals surface area contributed by atoms with Gasteiger partial charge in [-0.25, -0.2) is 4.98 Å². The monoisotopic (exact) mass is 193 g/mol. The molecule has 1 aromatic rings. The van der Waals surface area contributed by atoms with Crippen molar-refractivity contribution in [1.29, 1.82) is 0 Å². The molecule has 0 fully saturated rings. The van der Waals surface area contributed by atoms with E-state index < -0.39 is 0 Å². The zero-order valence-electron chi connectivity index (χ0n) is 9.20. The van der Waals surface area contributed by atoms with E-state index in [1.165, 1.54) is 6.42 Å². The fourth-order valence-electron chi connectivity index (χ4n) is 1.43. The van der Waals surface area contributed by atoms with Gasteiger partial charge in [-0.15, -0.1) is 0 Å². The third-order valence-corrected chi connectivity index (χ3v) is 2.51. The van der Waals surface area contributed by atoms with E-state index >= 15 is 0 Å². The smallest absolute Gasteiger partial charge is 0.146 e. The largest absolute Gasteiger partial charge is 0.382 e. The Morgan fingerprint density at radius 3 is 2.86 bits per heavy atom. The summed E-state index contributed by atoms with van der Waals surface area (Å²) in [7, 11) is 2.06. The van der Waals surface area contributed by atoms with E-state index in [-0.39, 0.29) is 0 Å². The van der Waals surface area contributed by atoms with Crippen molar-refractivity contribution in [3.8, 4) is 0 Å². The highest BCUT2D eigenvalue weighted by molar-refractivity contribution is 5.62. The van der Waals surface area contributed by atoms with Crippen molar-refractivity contribution in [2.24, 2.45) is 5.92 Å². The van der Waals surface area contributed by atoms with Crippen LogP contribution in [0.25, 0.3) is 0 Å². The maximum atomic E-state index is 5.79. The molecule has 0 aliphatic rings. The number of pyridine rings is 1. The molecule has 0 spiro atoms. The summed E-state index contributed by atoms with van der Waals surface area (Å²) in [5, 5.41) is 0. The van der Waals surface area contributed by atoms with Crippen molar-refractivity contribution in [3.05, 3.63) is 18.3 Å². The van der Waals surface area contributed by atoms with Crippen molar-refractivity contribution in [2.45, 2.75) is 20.3 Å². The van der Waals surface area contributed by atoms with E-state index in [0.717, 1.165) is 12.2 Å². The molecule has 0 aromatic carbocycles. The number of aromatic nitrogens is 1. The lowest BCUT2D eigenvalue weighted by Gasteiger charge is -2.23. The van der Waals surface area contributed by atoms with Crippen LogP contribution < -0.4 is 10.6 Å². The Balaban J connectivity index is 2.69. The zero-order chi connectivity index (χ0) is 10.6. The number of nitrogens with zero attached hydrogens (tertiary/aromatic N) is 2. The molecule has 0 amide bonds. The Labute approximate surface area is 85.9 Å². The highest BCUT2D eigenvalue weighted by Gasteiger charge is 2.08. The van der Waals surface area contributed by atoms with Gasteiger partial charge in [0.15, 0.2) is 0 Å². The maximum Gasteiger partial charge on any atom is 0.146 e. The number of hydrogen-bond donors (Lipinski definition) is 1. The second kappa shape index (κ2) is 4.84. The van der Waals surface area contributed by atoms with Gasteiger partial charge in [0, 0.05) is 19.8 Å². The molecule has 1 heterocycles. The molecular formula is C11H19N3. The number of nitrogen functional groups attached to an aromatic ring is 1. The lowest BCUT2D eigenvalue weighted by Crippen LogP contribution is -2.24. The molecule has 2 N–H and O–H groups in total. The zero-order valence-corrected chi connectivity index (χ0v) is 9.20. The van der Waals surface area contributed by atoms with Gasteiger partial charge in [-0.1, -0.05) is 20.3 Å². The van der Waals surface area contributed by atoms with Crippen molar-refractivity contribution >= 4 is 11.5 Å². The molecule has 1 rings (SSSR count). The predicted molar refractivity (Wildman–Crippen MR) is 61.4 cm³/mol. The van der Waals surface area contributed by atoms with Gasteiger partial charge >= 0.3 is 0 Å². The summed E-state index contributed by atoms with van der Waals surface area (Å²) in [5.41, 5.74) is 6.81. The first-order valence-electron chi connectivity index (χ1n) is 5.06. The molecule has 0 saturated heterocycles. The molecule has 3 heteroatoms. The normalized spacial score (nSPS) is 12.5. The minimum absolute atomic E-state index is 0.610. The lowest BCUT2D eigenvalue weighted by atomic mass is 10.1. The Morgan fingerprint density at radius 2 is 2.29 bits per heavy atom. The Morgan fingerprint density at radius 1 is 1.57 bits per heavy atom. The van der Waals surface area contributed by atoms with Gasteiger partial charge in [0.2, 0.25) is 0 Å². The van der Waals surface area contributed by atoms with Gasteiger partial charge in [-0.3, -0.25) is 0 Å². The third kappa shape index (κ3) is 2.62. The highest BCUT2D eigenvalue weighted by Crippen LogP contribution is 2.19. The van der Waals surface area contributed by atoms with E-state index in [2.05, 4.69) is 30.8 Å². The lowest BCUT2D eigenvalue weighted by molar-refractivity contribution is 0.560. The highest BCUT2D eigenvalue weighted by atomic mass is 15.1. The molecule has 0 aliphatic carbocycles. The average Bonchev–Trinajstić information content (AvgIpc) is 2.18. The van der Waals surface area contributed by atoms with Crippen molar-refractivity contribution in [3.63, 3.8) is 0 Å². The summed E-state index contributed by atoms with van der Waals surface area (Å²) >= 11 is 0. The first kappa shape index (κ1) is 10.8. The second-order valence-electron chi connectivity index (χ2n) is 3.80. The third-order valence-electron chi connectivity index (χ3n) is 2.51. The van der Waals surface area contributed by atoms with Crippen LogP contribution in [0.2, 0.25) is 0 Å². The van der Waals surface area contributed by atoms with Crippen LogP contribution in [0.3, 0.4) is 0 Å². The Kier molecular flexibility index (Phi) is 3.74. The summed E-state index contributed by atoms with van der Waals surface area (Å²) in [4.78, 5) is 6.23. The van der Waals surface area contributed by atoms with Crippen molar-refractivity contribution in [1.82, 2.24) is 4.98 Å². The van der Waals surface area contributed by atoms with E-state index in [4.69, 9.17) is 5.73 Å². The Bertz CT molecular complexity index is 286. The van der Waals surface area contributed by atoms with E-state index in [0.29, 0.717) is 11.7 Å². The number of hydrogen-bond acceptors (Lipinski definition) is 3. The van der Waals surface area contributed by atoms with Gasteiger partial charge in [0.25, 0.3) is 0 Å². The van der Waals surface area contributed by atoms with Crippen molar-refractivity contribution in [2.75, 3.05) is 24.2 Å². The molecule has 1 atom stereocenters. The van der Waals surface area contributed by atoms with Gasteiger partial charge in [0.05, 0.1) is 5.69 Å². The van der Waals surface area contributed by atoms with Crippen LogP contribution >= 0.6 is 0 Å². The van der Waals surface area contributed by atoms with Crippen LogP contribution in [-0.4, -0.2) is 18.6 Å². The molecule has 0 saturated carbocycles. The van der Waals surface area contributed by atoms with Crippen LogP contribution in [0.5, 0.6) is 0 Å². The van der Waals surface area contributed by atoms with Crippen LogP contribution in [-0.2, 0) is 0 Å². The van der Waals surface area contributed by atoms with Gasteiger partial charge < -0.3 is 10.6 Å². The van der Waals surface area contributed by atoms with Crippen molar-refractivity contribution < 1.29 is 0 Å². The second-order valence-corrected chi connectivity index (χ2v) is 3.80. The quantitative estimate of drug-likeness (QED) is 0.796. The van der Waals surface area contributed by atoms with Gasteiger partial charge in [-0.05, 0) is 18.1 Å². The summed E-state index contributed by atoms with van der Waals surface area (Å²) in [5.74, 6) is 1.29. The van der Waals surface area contributed by atoms with Gasteiger partial charge in [0.1, 0.15) is 5.82 Å². The van der Waals surface area contributed by atoms with Crippen LogP contribution in [0, 0.1) is 5.92 Å². The van der Waals surface area contributed by atoms with Crippen LogP contribution in [0.4, 0.5) is 11.5 Å². The summed E-state index contributed by atoms with van der Waals surface area (Å²) < 4.78 is 0. The summed E-state index contributed by atoms with van der Waals surface area (Å²) in [6, 6.07) is 3.92. The topological polar surface area (TPSA) is 42.2 Å². The fourth-order valence-corrected chi connectivity index (χ4v) is 1.43. The van der Waals surface area contributed by atoms with Crippen LogP contribution in [0.1, 0.15) is 20.3 Å². The molecule has 0 radical (unpaired) electrons. The molecule has 1 unspecified atom stereocenters. The van der Waals surface area contributed by atoms with Gasteiger partial charge in [-0.2, -0.15) is 0 Å². The molecule has 0 bridgehead atoms. The van der Waals surface area contributed by atoms with Crippen LogP contribution in [0.15, 0.2) is 18.3 Å². The van der Waals surface area contributed by atoms with E-state index in [1.54, 1.807) is 6.20 Å². The maximum absolute atomic E-state index is 5.79. The van der Waals surface area contributed by atoms with E-state index in [9.17, 15) is 0 Å². The summed E-state index contributed by atoms with van der Waals surface area (Å²) in [6.07, 6.45) is 2.90. The first-order chi connectivity index (χ1) is 6.65. The molecule has 78 valence electrons. The minimum atomic E-state index is 0.610. The molecule has 0 aliphatic heterocycles. The number of anilines is 2.